The first-order chi connectivity index (χ1) is 8.76. The van der Waals surface area contributed by atoms with Crippen LogP contribution in [0.4, 0.5) is 0 Å². The van der Waals surface area contributed by atoms with Crippen LogP contribution in [0.5, 0.6) is 0 Å². The summed E-state index contributed by atoms with van der Waals surface area (Å²) >= 11 is 1.51. The Morgan fingerprint density at radius 1 is 1.39 bits per heavy atom. The van der Waals surface area contributed by atoms with Gasteiger partial charge in [0.25, 0.3) is 0 Å². The Morgan fingerprint density at radius 3 is 2.72 bits per heavy atom. The van der Waals surface area contributed by atoms with Gasteiger partial charge in [-0.2, -0.15) is 0 Å². The second kappa shape index (κ2) is 5.78. The number of hydrogen-bond donors (Lipinski definition) is 0. The third-order valence-electron chi connectivity index (χ3n) is 2.78. The van der Waals surface area contributed by atoms with E-state index >= 15 is 0 Å². The SMILES string of the molecule is CCC(C(=O)OC)c1nc(-c2ccccc2)cs1. The third kappa shape index (κ3) is 2.59. The summed E-state index contributed by atoms with van der Waals surface area (Å²) in [6.07, 6.45) is 0.703. The number of benzene rings is 1. The average molecular weight is 261 g/mol. The molecule has 1 aromatic carbocycles. The van der Waals surface area contributed by atoms with Gasteiger partial charge in [0.05, 0.1) is 12.8 Å². The predicted molar refractivity (Wildman–Crippen MR) is 72.6 cm³/mol. The van der Waals surface area contributed by atoms with Crippen LogP contribution in [0.3, 0.4) is 0 Å². The van der Waals surface area contributed by atoms with Crippen LogP contribution < -0.4 is 0 Å². The lowest BCUT2D eigenvalue weighted by atomic mass is 10.1. The van der Waals surface area contributed by atoms with Gasteiger partial charge in [-0.3, -0.25) is 4.79 Å². The summed E-state index contributed by atoms with van der Waals surface area (Å²) in [5, 5.41) is 2.80. The number of hydrogen-bond acceptors (Lipinski definition) is 4. The maximum absolute atomic E-state index is 11.6. The molecule has 0 spiro atoms. The van der Waals surface area contributed by atoms with Crippen molar-refractivity contribution in [3.63, 3.8) is 0 Å². The van der Waals surface area contributed by atoms with Crippen molar-refractivity contribution in [1.29, 1.82) is 0 Å². The van der Waals surface area contributed by atoms with Gasteiger partial charge in [-0.05, 0) is 6.42 Å². The van der Waals surface area contributed by atoms with E-state index in [2.05, 4.69) is 4.98 Å². The lowest BCUT2D eigenvalue weighted by Crippen LogP contribution is -2.13. The van der Waals surface area contributed by atoms with Gasteiger partial charge < -0.3 is 4.74 Å². The molecule has 0 saturated heterocycles. The number of carbonyl (C=O) groups is 1. The molecule has 1 aromatic heterocycles. The van der Waals surface area contributed by atoms with Crippen molar-refractivity contribution in [3.8, 4) is 11.3 Å². The Kier molecular flexibility index (Phi) is 4.10. The maximum atomic E-state index is 11.6. The zero-order chi connectivity index (χ0) is 13.0. The highest BCUT2D eigenvalue weighted by atomic mass is 32.1. The van der Waals surface area contributed by atoms with Crippen molar-refractivity contribution in [1.82, 2.24) is 4.98 Å². The zero-order valence-corrected chi connectivity index (χ0v) is 11.2. The van der Waals surface area contributed by atoms with Crippen molar-refractivity contribution >= 4 is 17.3 Å². The summed E-state index contributed by atoms with van der Waals surface area (Å²) in [6.45, 7) is 1.96. The molecule has 4 heteroatoms. The Balaban J connectivity index is 2.27. The van der Waals surface area contributed by atoms with E-state index in [0.717, 1.165) is 16.3 Å². The van der Waals surface area contributed by atoms with Gasteiger partial charge in [0.1, 0.15) is 10.9 Å². The van der Waals surface area contributed by atoms with E-state index in [-0.39, 0.29) is 11.9 Å². The molecule has 0 radical (unpaired) electrons. The Bertz CT molecular complexity index is 522. The van der Waals surface area contributed by atoms with Gasteiger partial charge in [-0.1, -0.05) is 37.3 Å². The molecule has 1 heterocycles. The lowest BCUT2D eigenvalue weighted by Gasteiger charge is -2.08. The molecular formula is C14H15NO2S. The number of methoxy groups -OCH3 is 1. The molecule has 0 aliphatic carbocycles. The molecule has 2 aromatic rings. The monoisotopic (exact) mass is 261 g/mol. The fourth-order valence-electron chi connectivity index (χ4n) is 1.77. The van der Waals surface area contributed by atoms with Gasteiger partial charge in [-0.25, -0.2) is 4.98 Å². The zero-order valence-electron chi connectivity index (χ0n) is 10.4. The minimum atomic E-state index is -0.252. The van der Waals surface area contributed by atoms with Crippen molar-refractivity contribution in [3.05, 3.63) is 40.7 Å². The van der Waals surface area contributed by atoms with E-state index < -0.39 is 0 Å². The van der Waals surface area contributed by atoms with Crippen molar-refractivity contribution < 1.29 is 9.53 Å². The van der Waals surface area contributed by atoms with Gasteiger partial charge in [0.15, 0.2) is 0 Å². The van der Waals surface area contributed by atoms with Crippen LogP contribution in [0.25, 0.3) is 11.3 Å². The second-order valence-corrected chi connectivity index (χ2v) is 4.81. The topological polar surface area (TPSA) is 39.2 Å². The fraction of sp³-hybridized carbons (Fsp3) is 0.286. The molecule has 0 saturated carbocycles. The molecule has 94 valence electrons. The third-order valence-corrected chi connectivity index (χ3v) is 3.74. The van der Waals surface area contributed by atoms with Gasteiger partial charge >= 0.3 is 5.97 Å². The minimum Gasteiger partial charge on any atom is -0.468 e. The largest absolute Gasteiger partial charge is 0.468 e. The normalized spacial score (nSPS) is 12.1. The van der Waals surface area contributed by atoms with E-state index in [0.29, 0.717) is 6.42 Å². The molecule has 0 N–H and O–H groups in total. The van der Waals surface area contributed by atoms with Gasteiger partial charge in [0.2, 0.25) is 0 Å². The molecule has 2 rings (SSSR count). The van der Waals surface area contributed by atoms with Gasteiger partial charge in [-0.15, -0.1) is 11.3 Å². The summed E-state index contributed by atoms with van der Waals surface area (Å²) < 4.78 is 4.80. The van der Waals surface area contributed by atoms with Crippen molar-refractivity contribution in [2.75, 3.05) is 7.11 Å². The van der Waals surface area contributed by atoms with Crippen LogP contribution in [0.15, 0.2) is 35.7 Å². The Morgan fingerprint density at radius 2 is 2.11 bits per heavy atom. The van der Waals surface area contributed by atoms with Crippen molar-refractivity contribution in [2.45, 2.75) is 19.3 Å². The van der Waals surface area contributed by atoms with Crippen LogP contribution in [0.1, 0.15) is 24.3 Å². The summed E-state index contributed by atoms with van der Waals surface area (Å²) in [7, 11) is 1.41. The van der Waals surface area contributed by atoms with Gasteiger partial charge in [0, 0.05) is 10.9 Å². The smallest absolute Gasteiger partial charge is 0.315 e. The molecule has 0 amide bonds. The first-order valence-corrected chi connectivity index (χ1v) is 6.73. The van der Waals surface area contributed by atoms with Crippen LogP contribution in [-0.2, 0) is 9.53 Å². The highest BCUT2D eigenvalue weighted by Gasteiger charge is 2.22. The van der Waals surface area contributed by atoms with Crippen molar-refractivity contribution in [2.24, 2.45) is 0 Å². The Labute approximate surface area is 110 Å². The van der Waals surface area contributed by atoms with E-state index in [1.807, 2.05) is 42.6 Å². The fourth-order valence-corrected chi connectivity index (χ4v) is 2.77. The minimum absolute atomic E-state index is 0.216. The molecule has 0 aliphatic heterocycles. The average Bonchev–Trinajstić information content (AvgIpc) is 2.90. The molecule has 1 atom stereocenters. The summed E-state index contributed by atoms with van der Waals surface area (Å²) in [6, 6.07) is 9.95. The summed E-state index contributed by atoms with van der Waals surface area (Å²) in [5.74, 6) is -0.469. The van der Waals surface area contributed by atoms with Crippen LogP contribution >= 0.6 is 11.3 Å². The number of thiazole rings is 1. The van der Waals surface area contributed by atoms with Crippen LogP contribution in [-0.4, -0.2) is 18.1 Å². The predicted octanol–water partition coefficient (Wildman–Crippen LogP) is 3.48. The highest BCUT2D eigenvalue weighted by Crippen LogP contribution is 2.28. The number of ether oxygens (including phenoxy) is 1. The number of aromatic nitrogens is 1. The Hall–Kier alpha value is -1.68. The molecule has 18 heavy (non-hydrogen) atoms. The lowest BCUT2D eigenvalue weighted by molar-refractivity contribution is -0.142. The molecule has 0 aliphatic rings. The van der Waals surface area contributed by atoms with E-state index in [4.69, 9.17) is 4.74 Å². The van der Waals surface area contributed by atoms with Crippen LogP contribution in [0.2, 0.25) is 0 Å². The first-order valence-electron chi connectivity index (χ1n) is 5.85. The number of carbonyl (C=O) groups excluding carboxylic acids is 1. The van der Waals surface area contributed by atoms with E-state index in [1.54, 1.807) is 0 Å². The summed E-state index contributed by atoms with van der Waals surface area (Å²) in [4.78, 5) is 16.2. The quantitative estimate of drug-likeness (QED) is 0.791. The standard InChI is InChI=1S/C14H15NO2S/c1-3-11(14(16)17-2)13-15-12(9-18-13)10-7-5-4-6-8-10/h4-9,11H,3H2,1-2H3. The number of esters is 1. The summed E-state index contributed by atoms with van der Waals surface area (Å²) in [5.41, 5.74) is 1.98. The number of rotatable bonds is 4. The van der Waals surface area contributed by atoms with Crippen LogP contribution in [0, 0.1) is 0 Å². The highest BCUT2D eigenvalue weighted by molar-refractivity contribution is 7.10. The molecular weight excluding hydrogens is 246 g/mol. The molecule has 1 unspecified atom stereocenters. The maximum Gasteiger partial charge on any atom is 0.315 e. The molecule has 3 nitrogen and oxygen atoms in total. The molecule has 0 bridgehead atoms. The van der Waals surface area contributed by atoms with E-state index in [1.165, 1.54) is 18.4 Å². The van der Waals surface area contributed by atoms with E-state index in [9.17, 15) is 4.79 Å². The molecule has 0 fully saturated rings. The first kappa shape index (κ1) is 12.8. The second-order valence-electron chi connectivity index (χ2n) is 3.92. The number of nitrogens with zero attached hydrogens (tertiary/aromatic N) is 1.